The zero-order chi connectivity index (χ0) is 15.0. The number of hydrogen-bond donors (Lipinski definition) is 2. The van der Waals surface area contributed by atoms with Gasteiger partial charge in [0.25, 0.3) is 11.1 Å². The fourth-order valence-corrected chi connectivity index (χ4v) is 2.86. The lowest BCUT2D eigenvalue weighted by atomic mass is 10.0. The van der Waals surface area contributed by atoms with E-state index >= 15 is 0 Å². The second-order valence-electron chi connectivity index (χ2n) is 4.87. The first-order chi connectivity index (χ1) is 10.0. The molecule has 1 saturated heterocycles. The van der Waals surface area contributed by atoms with Crippen molar-refractivity contribution in [2.75, 3.05) is 0 Å². The molecule has 2 N–H and O–H groups in total. The molecular formula is C15H13N3O2S. The summed E-state index contributed by atoms with van der Waals surface area (Å²) in [7, 11) is 0. The Kier molecular flexibility index (Phi) is 3.39. The van der Waals surface area contributed by atoms with Gasteiger partial charge in [0.15, 0.2) is 0 Å². The molecule has 0 aliphatic carbocycles. The van der Waals surface area contributed by atoms with Crippen molar-refractivity contribution < 1.29 is 9.59 Å². The molecule has 1 fully saturated rings. The van der Waals surface area contributed by atoms with Gasteiger partial charge in [-0.3, -0.25) is 20.0 Å². The number of H-pyrrole nitrogens is 1. The van der Waals surface area contributed by atoms with E-state index in [1.807, 2.05) is 26.0 Å². The molecule has 0 radical (unpaired) electrons. The summed E-state index contributed by atoms with van der Waals surface area (Å²) >= 11 is 0.903. The molecule has 1 aliphatic rings. The summed E-state index contributed by atoms with van der Waals surface area (Å²) in [6.07, 6.45) is 3.34. The van der Waals surface area contributed by atoms with Crippen LogP contribution in [0.25, 0.3) is 17.3 Å². The number of aryl methyl sites for hydroxylation is 2. The molecule has 1 aromatic carbocycles. The van der Waals surface area contributed by atoms with Crippen LogP contribution in [0.4, 0.5) is 4.79 Å². The lowest BCUT2D eigenvalue weighted by molar-refractivity contribution is -0.115. The second kappa shape index (κ2) is 5.21. The second-order valence-corrected chi connectivity index (χ2v) is 5.89. The summed E-state index contributed by atoms with van der Waals surface area (Å²) in [5.41, 5.74) is 4.93. The van der Waals surface area contributed by atoms with Crippen LogP contribution in [0.15, 0.2) is 29.3 Å². The van der Waals surface area contributed by atoms with E-state index in [9.17, 15) is 9.59 Å². The van der Waals surface area contributed by atoms with E-state index in [2.05, 4.69) is 21.6 Å². The first-order valence-corrected chi connectivity index (χ1v) is 7.22. The molecule has 2 heterocycles. The topological polar surface area (TPSA) is 74.8 Å². The molecule has 2 amide bonds. The van der Waals surface area contributed by atoms with Crippen LogP contribution in [-0.2, 0) is 4.79 Å². The monoisotopic (exact) mass is 299 g/mol. The van der Waals surface area contributed by atoms with E-state index in [0.29, 0.717) is 4.91 Å². The molecule has 2 aromatic rings. The number of nitrogens with zero attached hydrogens (tertiary/aromatic N) is 1. The van der Waals surface area contributed by atoms with Crippen molar-refractivity contribution in [3.05, 3.63) is 46.0 Å². The smallest absolute Gasteiger partial charge is 0.282 e. The van der Waals surface area contributed by atoms with E-state index in [4.69, 9.17) is 0 Å². The molecule has 0 spiro atoms. The highest BCUT2D eigenvalue weighted by atomic mass is 32.2. The summed E-state index contributed by atoms with van der Waals surface area (Å²) in [5, 5.41) is 8.93. The third-order valence-electron chi connectivity index (χ3n) is 3.26. The highest BCUT2D eigenvalue weighted by Crippen LogP contribution is 2.30. The largest absolute Gasteiger partial charge is 0.290 e. The van der Waals surface area contributed by atoms with Crippen LogP contribution in [0, 0.1) is 13.8 Å². The number of amides is 2. The fraction of sp³-hybridized carbons (Fsp3) is 0.133. The van der Waals surface area contributed by atoms with Crippen LogP contribution in [0.3, 0.4) is 0 Å². The van der Waals surface area contributed by atoms with Gasteiger partial charge >= 0.3 is 0 Å². The van der Waals surface area contributed by atoms with E-state index < -0.39 is 0 Å². The van der Waals surface area contributed by atoms with Gasteiger partial charge in [-0.25, -0.2) is 0 Å². The van der Waals surface area contributed by atoms with E-state index in [-0.39, 0.29) is 11.1 Å². The third kappa shape index (κ3) is 2.62. The van der Waals surface area contributed by atoms with E-state index in [0.717, 1.165) is 39.7 Å². The molecule has 0 saturated carbocycles. The van der Waals surface area contributed by atoms with Crippen molar-refractivity contribution in [1.29, 1.82) is 0 Å². The lowest BCUT2D eigenvalue weighted by Gasteiger charge is -2.06. The zero-order valence-electron chi connectivity index (χ0n) is 11.6. The molecule has 1 aromatic heterocycles. The number of rotatable bonds is 2. The van der Waals surface area contributed by atoms with Crippen molar-refractivity contribution in [3.8, 4) is 11.3 Å². The molecule has 5 nitrogen and oxygen atoms in total. The minimum atomic E-state index is -0.363. The Balaban J connectivity index is 2.06. The molecule has 3 rings (SSSR count). The van der Waals surface area contributed by atoms with Crippen molar-refractivity contribution in [2.24, 2.45) is 0 Å². The fourth-order valence-electron chi connectivity index (χ4n) is 2.19. The quantitative estimate of drug-likeness (QED) is 0.836. The Bertz CT molecular complexity index is 777. The standard InChI is InChI=1S/C15H13N3O2S/c1-8-3-4-9(2)11(5-8)13-10(7-16-18-13)6-12-14(19)17-15(20)21-12/h3-7H,1-2H3,(H,16,18)(H,17,19,20)/b12-6-. The molecular weight excluding hydrogens is 286 g/mol. The minimum absolute atomic E-state index is 0.344. The van der Waals surface area contributed by atoms with E-state index in [1.165, 1.54) is 0 Å². The van der Waals surface area contributed by atoms with Gasteiger partial charge in [-0.2, -0.15) is 5.10 Å². The van der Waals surface area contributed by atoms with Gasteiger partial charge in [0.05, 0.1) is 16.8 Å². The maximum Gasteiger partial charge on any atom is 0.290 e. The minimum Gasteiger partial charge on any atom is -0.282 e. The van der Waals surface area contributed by atoms with Gasteiger partial charge in [-0.05, 0) is 43.3 Å². The number of carbonyl (C=O) groups is 2. The molecule has 0 atom stereocenters. The summed E-state index contributed by atoms with van der Waals surface area (Å²) in [5.74, 6) is -0.363. The normalized spacial score (nSPS) is 16.6. The maximum absolute atomic E-state index is 11.6. The van der Waals surface area contributed by atoms with Crippen LogP contribution in [-0.4, -0.2) is 21.3 Å². The lowest BCUT2D eigenvalue weighted by Crippen LogP contribution is -2.17. The Morgan fingerprint density at radius 2 is 2.05 bits per heavy atom. The highest BCUT2D eigenvalue weighted by molar-refractivity contribution is 8.18. The number of thioether (sulfide) groups is 1. The summed E-state index contributed by atoms with van der Waals surface area (Å²) in [4.78, 5) is 23.2. The first kappa shape index (κ1) is 13.6. The van der Waals surface area contributed by atoms with Crippen LogP contribution in [0.2, 0.25) is 0 Å². The average Bonchev–Trinajstić information content (AvgIpc) is 3.00. The average molecular weight is 299 g/mol. The molecule has 106 valence electrons. The van der Waals surface area contributed by atoms with Crippen molar-refractivity contribution in [1.82, 2.24) is 15.5 Å². The Morgan fingerprint density at radius 1 is 1.24 bits per heavy atom. The van der Waals surface area contributed by atoms with Crippen molar-refractivity contribution in [3.63, 3.8) is 0 Å². The van der Waals surface area contributed by atoms with Crippen molar-refractivity contribution in [2.45, 2.75) is 13.8 Å². The summed E-state index contributed by atoms with van der Waals surface area (Å²) in [6.45, 7) is 4.05. The number of carbonyl (C=O) groups excluding carboxylic acids is 2. The molecule has 0 unspecified atom stereocenters. The van der Waals surface area contributed by atoms with Gasteiger partial charge in [-0.1, -0.05) is 17.7 Å². The number of benzene rings is 1. The number of nitrogens with one attached hydrogen (secondary N) is 2. The van der Waals surface area contributed by atoms with Gasteiger partial charge in [0.2, 0.25) is 0 Å². The number of aromatic amines is 1. The van der Waals surface area contributed by atoms with Crippen LogP contribution < -0.4 is 5.32 Å². The number of aromatic nitrogens is 2. The Hall–Kier alpha value is -2.34. The predicted octanol–water partition coefficient (Wildman–Crippen LogP) is 3.02. The van der Waals surface area contributed by atoms with Crippen molar-refractivity contribution >= 4 is 29.0 Å². The van der Waals surface area contributed by atoms with Crippen LogP contribution in [0.1, 0.15) is 16.7 Å². The van der Waals surface area contributed by atoms with Crippen LogP contribution in [0.5, 0.6) is 0 Å². The number of imide groups is 1. The van der Waals surface area contributed by atoms with Gasteiger partial charge in [-0.15, -0.1) is 0 Å². The highest BCUT2D eigenvalue weighted by Gasteiger charge is 2.25. The summed E-state index contributed by atoms with van der Waals surface area (Å²) < 4.78 is 0. The maximum atomic E-state index is 11.6. The Labute approximate surface area is 125 Å². The van der Waals surface area contributed by atoms with Gasteiger partial charge < -0.3 is 0 Å². The molecule has 0 bridgehead atoms. The SMILES string of the molecule is Cc1ccc(C)c(-c2[nH]ncc2/C=C2\SC(=O)NC2=O)c1. The van der Waals surface area contributed by atoms with E-state index in [1.54, 1.807) is 12.3 Å². The van der Waals surface area contributed by atoms with Gasteiger partial charge in [0, 0.05) is 11.1 Å². The summed E-state index contributed by atoms with van der Waals surface area (Å²) in [6, 6.07) is 6.16. The van der Waals surface area contributed by atoms with Gasteiger partial charge in [0.1, 0.15) is 0 Å². The first-order valence-electron chi connectivity index (χ1n) is 6.40. The Morgan fingerprint density at radius 3 is 2.76 bits per heavy atom. The molecule has 21 heavy (non-hydrogen) atoms. The molecule has 6 heteroatoms. The van der Waals surface area contributed by atoms with Crippen LogP contribution >= 0.6 is 11.8 Å². The number of hydrogen-bond acceptors (Lipinski definition) is 4. The molecule has 1 aliphatic heterocycles. The zero-order valence-corrected chi connectivity index (χ0v) is 12.4. The third-order valence-corrected chi connectivity index (χ3v) is 4.07. The predicted molar refractivity (Wildman–Crippen MR) is 82.6 cm³/mol.